The lowest BCUT2D eigenvalue weighted by molar-refractivity contribution is -0.137. The fourth-order valence-corrected chi connectivity index (χ4v) is 1.57. The van der Waals surface area contributed by atoms with E-state index in [4.69, 9.17) is 22.4 Å². The number of aryl methyl sites for hydroxylation is 1. The van der Waals surface area contributed by atoms with E-state index in [2.05, 4.69) is 0 Å². The number of carboxylic acids is 1. The second-order valence-corrected chi connectivity index (χ2v) is 3.70. The molecule has 0 saturated carbocycles. The molecule has 3 nitrogen and oxygen atoms in total. The van der Waals surface area contributed by atoms with Crippen molar-refractivity contribution in [1.82, 2.24) is 0 Å². The number of carbonyl (C=O) groups is 1. The molecule has 1 aromatic rings. The van der Waals surface area contributed by atoms with Gasteiger partial charge in [-0.05, 0) is 18.6 Å². The minimum atomic E-state index is -1.07. The number of carboxylic acid groups (broad SMARTS) is 1. The highest BCUT2D eigenvalue weighted by molar-refractivity contribution is 6.30. The van der Waals surface area contributed by atoms with Gasteiger partial charge in [0.15, 0.2) is 0 Å². The zero-order valence-corrected chi connectivity index (χ0v) is 8.88. The molecule has 0 aliphatic rings. The first-order chi connectivity index (χ1) is 6.93. The summed E-state index contributed by atoms with van der Waals surface area (Å²) in [7, 11) is 0. The van der Waals surface area contributed by atoms with Crippen molar-refractivity contribution < 1.29 is 14.3 Å². The number of hydrogen-bond donors (Lipinski definition) is 2. The molecule has 0 heterocycles. The predicted molar refractivity (Wildman–Crippen MR) is 55.3 cm³/mol. The third-order valence-electron chi connectivity index (χ3n) is 2.12. The fourth-order valence-electron chi connectivity index (χ4n) is 1.41. The Morgan fingerprint density at radius 1 is 1.67 bits per heavy atom. The van der Waals surface area contributed by atoms with E-state index >= 15 is 0 Å². The first-order valence-corrected chi connectivity index (χ1v) is 4.73. The molecule has 0 aliphatic carbocycles. The van der Waals surface area contributed by atoms with E-state index in [0.29, 0.717) is 5.56 Å². The lowest BCUT2D eigenvalue weighted by Gasteiger charge is -2.14. The number of aliphatic carboxylic acids is 1. The highest BCUT2D eigenvalue weighted by Gasteiger charge is 2.18. The molecule has 0 aliphatic heterocycles. The van der Waals surface area contributed by atoms with Crippen molar-refractivity contribution in [3.05, 3.63) is 34.1 Å². The second-order valence-electron chi connectivity index (χ2n) is 3.30. The smallest absolute Gasteiger partial charge is 0.305 e. The number of halogens is 2. The van der Waals surface area contributed by atoms with Gasteiger partial charge in [0.25, 0.3) is 0 Å². The quantitative estimate of drug-likeness (QED) is 0.839. The third kappa shape index (κ3) is 2.67. The lowest BCUT2D eigenvalue weighted by Crippen LogP contribution is -2.17. The van der Waals surface area contributed by atoms with Gasteiger partial charge in [-0.3, -0.25) is 4.79 Å². The summed E-state index contributed by atoms with van der Waals surface area (Å²) >= 11 is 5.59. The van der Waals surface area contributed by atoms with Gasteiger partial charge in [-0.1, -0.05) is 17.7 Å². The summed E-state index contributed by atoms with van der Waals surface area (Å²) in [4.78, 5) is 10.5. The Morgan fingerprint density at radius 2 is 2.27 bits per heavy atom. The molecular formula is C10H11ClFNO2. The molecule has 3 N–H and O–H groups in total. The SMILES string of the molecule is Cc1ccc(Cl)c(F)c1C(N)CC(=O)O. The Morgan fingerprint density at radius 3 is 2.80 bits per heavy atom. The van der Waals surface area contributed by atoms with Gasteiger partial charge < -0.3 is 10.8 Å². The summed E-state index contributed by atoms with van der Waals surface area (Å²) in [6, 6.07) is 2.16. The largest absolute Gasteiger partial charge is 0.481 e. The Bertz CT molecular complexity index is 395. The highest BCUT2D eigenvalue weighted by atomic mass is 35.5. The van der Waals surface area contributed by atoms with Crippen LogP contribution in [0.25, 0.3) is 0 Å². The standard InChI is InChI=1S/C10H11ClFNO2/c1-5-2-3-6(11)10(12)9(5)7(13)4-8(14)15/h2-3,7H,4,13H2,1H3,(H,14,15). The average Bonchev–Trinajstić information content (AvgIpc) is 2.11. The Labute approximate surface area is 91.7 Å². The van der Waals surface area contributed by atoms with E-state index in [9.17, 15) is 9.18 Å². The second kappa shape index (κ2) is 4.59. The summed E-state index contributed by atoms with van der Waals surface area (Å²) in [5.74, 6) is -1.70. The molecule has 1 atom stereocenters. The first-order valence-electron chi connectivity index (χ1n) is 4.35. The van der Waals surface area contributed by atoms with Crippen molar-refractivity contribution in [3.63, 3.8) is 0 Å². The van der Waals surface area contributed by atoms with Gasteiger partial charge in [0.1, 0.15) is 5.82 Å². The van der Waals surface area contributed by atoms with Gasteiger partial charge in [0, 0.05) is 11.6 Å². The zero-order chi connectivity index (χ0) is 11.6. The van der Waals surface area contributed by atoms with E-state index < -0.39 is 17.8 Å². The molecule has 0 bridgehead atoms. The molecule has 0 saturated heterocycles. The van der Waals surface area contributed by atoms with E-state index in [1.165, 1.54) is 6.07 Å². The van der Waals surface area contributed by atoms with Crippen LogP contribution in [-0.2, 0) is 4.79 Å². The van der Waals surface area contributed by atoms with E-state index in [-0.39, 0.29) is 17.0 Å². The molecule has 0 fully saturated rings. The maximum atomic E-state index is 13.6. The van der Waals surface area contributed by atoms with Crippen LogP contribution in [0.4, 0.5) is 4.39 Å². The van der Waals surface area contributed by atoms with Crippen LogP contribution in [-0.4, -0.2) is 11.1 Å². The van der Waals surface area contributed by atoms with Crippen LogP contribution >= 0.6 is 11.6 Å². The van der Waals surface area contributed by atoms with Crippen molar-refractivity contribution >= 4 is 17.6 Å². The van der Waals surface area contributed by atoms with Crippen LogP contribution in [0.5, 0.6) is 0 Å². The van der Waals surface area contributed by atoms with Crippen LogP contribution in [0.3, 0.4) is 0 Å². The van der Waals surface area contributed by atoms with Crippen molar-refractivity contribution in [3.8, 4) is 0 Å². The summed E-state index contributed by atoms with van der Waals surface area (Å²) in [6.45, 7) is 1.66. The molecule has 1 unspecified atom stereocenters. The minimum absolute atomic E-state index is 0.0450. The van der Waals surface area contributed by atoms with Crippen molar-refractivity contribution in [2.24, 2.45) is 5.73 Å². The Kier molecular flexibility index (Phi) is 3.66. The molecule has 0 radical (unpaired) electrons. The number of nitrogens with two attached hydrogens (primary N) is 1. The molecule has 1 rings (SSSR count). The molecule has 82 valence electrons. The summed E-state index contributed by atoms with van der Waals surface area (Å²) in [5.41, 5.74) is 6.36. The van der Waals surface area contributed by atoms with Gasteiger partial charge in [-0.25, -0.2) is 4.39 Å². The van der Waals surface area contributed by atoms with Crippen LogP contribution in [0.2, 0.25) is 5.02 Å². The monoisotopic (exact) mass is 231 g/mol. The average molecular weight is 232 g/mol. The minimum Gasteiger partial charge on any atom is -0.481 e. The zero-order valence-electron chi connectivity index (χ0n) is 8.13. The van der Waals surface area contributed by atoms with Crippen LogP contribution in [0.1, 0.15) is 23.6 Å². The van der Waals surface area contributed by atoms with Gasteiger partial charge in [0.2, 0.25) is 0 Å². The Hall–Kier alpha value is -1.13. The number of hydrogen-bond acceptors (Lipinski definition) is 2. The normalized spacial score (nSPS) is 12.5. The highest BCUT2D eigenvalue weighted by Crippen LogP contribution is 2.27. The summed E-state index contributed by atoms with van der Waals surface area (Å²) < 4.78 is 13.6. The van der Waals surface area contributed by atoms with Crippen molar-refractivity contribution in [2.75, 3.05) is 0 Å². The molecule has 0 spiro atoms. The van der Waals surface area contributed by atoms with Crippen molar-refractivity contribution in [2.45, 2.75) is 19.4 Å². The Balaban J connectivity index is 3.12. The van der Waals surface area contributed by atoms with Crippen LogP contribution in [0.15, 0.2) is 12.1 Å². The van der Waals surface area contributed by atoms with E-state index in [1.807, 2.05) is 0 Å². The summed E-state index contributed by atoms with van der Waals surface area (Å²) in [5, 5.41) is 8.52. The molecule has 0 amide bonds. The van der Waals surface area contributed by atoms with Gasteiger partial charge in [-0.2, -0.15) is 0 Å². The maximum absolute atomic E-state index is 13.6. The van der Waals surface area contributed by atoms with Crippen molar-refractivity contribution in [1.29, 1.82) is 0 Å². The predicted octanol–water partition coefficient (Wildman–Crippen LogP) is 2.26. The maximum Gasteiger partial charge on any atom is 0.305 e. The number of benzene rings is 1. The molecule has 0 aromatic heterocycles. The topological polar surface area (TPSA) is 63.3 Å². The number of rotatable bonds is 3. The van der Waals surface area contributed by atoms with Gasteiger partial charge in [-0.15, -0.1) is 0 Å². The van der Waals surface area contributed by atoms with Gasteiger partial charge >= 0.3 is 5.97 Å². The van der Waals surface area contributed by atoms with Crippen LogP contribution in [0, 0.1) is 12.7 Å². The lowest BCUT2D eigenvalue weighted by atomic mass is 9.99. The molecular weight excluding hydrogens is 221 g/mol. The van der Waals surface area contributed by atoms with E-state index in [0.717, 1.165) is 0 Å². The summed E-state index contributed by atoms with van der Waals surface area (Å²) in [6.07, 6.45) is -0.321. The van der Waals surface area contributed by atoms with Crippen LogP contribution < -0.4 is 5.73 Å². The van der Waals surface area contributed by atoms with Gasteiger partial charge in [0.05, 0.1) is 11.4 Å². The first kappa shape index (κ1) is 11.9. The fraction of sp³-hybridized carbons (Fsp3) is 0.300. The van der Waals surface area contributed by atoms with E-state index in [1.54, 1.807) is 13.0 Å². The molecule has 1 aromatic carbocycles. The molecule has 5 heteroatoms. The molecule has 15 heavy (non-hydrogen) atoms. The third-order valence-corrected chi connectivity index (χ3v) is 2.41.